The molecule has 2 atom stereocenters. The Balaban J connectivity index is 1.99. The first-order chi connectivity index (χ1) is 9.11. The number of nitrogens with zero attached hydrogens (tertiary/aromatic N) is 2. The fraction of sp³-hybridized carbons (Fsp3) is 0.714. The molecule has 2 rings (SSSR count). The van der Waals surface area contributed by atoms with E-state index in [9.17, 15) is 4.79 Å². The molecule has 1 amide bonds. The minimum atomic E-state index is -0.00942. The number of aryl methyl sites for hydroxylation is 2. The Labute approximate surface area is 114 Å². The van der Waals surface area contributed by atoms with E-state index in [2.05, 4.69) is 22.7 Å². The van der Waals surface area contributed by atoms with Gasteiger partial charge in [-0.25, -0.2) is 0 Å². The van der Waals surface area contributed by atoms with Gasteiger partial charge in [0.25, 0.3) is 5.91 Å². The molecule has 1 aliphatic rings. The van der Waals surface area contributed by atoms with E-state index in [1.807, 2.05) is 14.0 Å². The van der Waals surface area contributed by atoms with Crippen LogP contribution in [0.15, 0.2) is 6.20 Å². The summed E-state index contributed by atoms with van der Waals surface area (Å²) in [7, 11) is 1.85. The summed E-state index contributed by atoms with van der Waals surface area (Å²) in [6.45, 7) is 5.14. The van der Waals surface area contributed by atoms with E-state index in [1.165, 1.54) is 12.8 Å². The molecule has 0 saturated carbocycles. The van der Waals surface area contributed by atoms with Crippen molar-refractivity contribution in [3.63, 3.8) is 0 Å². The second-order valence-corrected chi connectivity index (χ2v) is 5.34. The average molecular weight is 264 g/mol. The molecule has 0 aromatic carbocycles. The number of rotatable bonds is 4. The number of carbonyl (C=O) groups excluding carboxylic acids is 1. The number of hydrogen-bond donors (Lipinski definition) is 2. The molecule has 0 radical (unpaired) electrons. The van der Waals surface area contributed by atoms with Gasteiger partial charge in [0, 0.05) is 25.3 Å². The molecule has 2 heterocycles. The molecule has 1 saturated heterocycles. The number of aromatic nitrogens is 2. The van der Waals surface area contributed by atoms with E-state index in [4.69, 9.17) is 0 Å². The minimum Gasteiger partial charge on any atom is -0.348 e. The van der Waals surface area contributed by atoms with Crippen LogP contribution in [0.25, 0.3) is 0 Å². The average Bonchev–Trinajstić information content (AvgIpc) is 2.81. The number of piperidine rings is 1. The highest BCUT2D eigenvalue weighted by atomic mass is 16.1. The van der Waals surface area contributed by atoms with Crippen LogP contribution in [-0.4, -0.2) is 34.3 Å². The third-order valence-electron chi connectivity index (χ3n) is 3.80. The van der Waals surface area contributed by atoms with Crippen molar-refractivity contribution in [2.75, 3.05) is 6.54 Å². The second kappa shape index (κ2) is 6.19. The molecular formula is C14H24N4O. The number of nitrogens with one attached hydrogen (secondary N) is 2. The first kappa shape index (κ1) is 14.1. The largest absolute Gasteiger partial charge is 0.348 e. The predicted molar refractivity (Wildman–Crippen MR) is 75.2 cm³/mol. The van der Waals surface area contributed by atoms with Crippen LogP contribution in [0.1, 0.15) is 49.2 Å². The summed E-state index contributed by atoms with van der Waals surface area (Å²) in [6.07, 6.45) is 6.19. The Kier molecular flexibility index (Phi) is 4.58. The van der Waals surface area contributed by atoms with Crippen molar-refractivity contribution >= 4 is 5.91 Å². The Hall–Kier alpha value is -1.36. The van der Waals surface area contributed by atoms with Gasteiger partial charge < -0.3 is 10.6 Å². The maximum Gasteiger partial charge on any atom is 0.255 e. The van der Waals surface area contributed by atoms with E-state index in [0.717, 1.165) is 25.1 Å². The van der Waals surface area contributed by atoms with E-state index in [1.54, 1.807) is 10.9 Å². The molecule has 19 heavy (non-hydrogen) atoms. The van der Waals surface area contributed by atoms with Gasteiger partial charge >= 0.3 is 0 Å². The van der Waals surface area contributed by atoms with E-state index >= 15 is 0 Å². The molecule has 0 spiro atoms. The van der Waals surface area contributed by atoms with Crippen molar-refractivity contribution in [2.45, 2.75) is 51.6 Å². The topological polar surface area (TPSA) is 59.0 Å². The molecule has 5 heteroatoms. The molecule has 2 N–H and O–H groups in total. The maximum atomic E-state index is 12.3. The van der Waals surface area contributed by atoms with Gasteiger partial charge in [0.15, 0.2) is 0 Å². The molecule has 1 aromatic heterocycles. The normalized spacial score (nSPS) is 21.1. The maximum absolute atomic E-state index is 12.3. The number of hydrogen-bond acceptors (Lipinski definition) is 3. The summed E-state index contributed by atoms with van der Waals surface area (Å²) < 4.78 is 1.71. The number of carbonyl (C=O) groups is 1. The van der Waals surface area contributed by atoms with Gasteiger partial charge in [-0.1, -0.05) is 13.3 Å². The second-order valence-electron chi connectivity index (χ2n) is 5.34. The lowest BCUT2D eigenvalue weighted by Gasteiger charge is -2.29. The van der Waals surface area contributed by atoms with Crippen molar-refractivity contribution < 1.29 is 4.79 Å². The third-order valence-corrected chi connectivity index (χ3v) is 3.80. The highest BCUT2D eigenvalue weighted by Gasteiger charge is 2.23. The van der Waals surface area contributed by atoms with Crippen LogP contribution < -0.4 is 10.6 Å². The molecular weight excluding hydrogens is 240 g/mol. The van der Waals surface area contributed by atoms with Gasteiger partial charge in [-0.15, -0.1) is 0 Å². The molecule has 1 fully saturated rings. The summed E-state index contributed by atoms with van der Waals surface area (Å²) >= 11 is 0. The van der Waals surface area contributed by atoms with Gasteiger partial charge in [-0.3, -0.25) is 9.48 Å². The van der Waals surface area contributed by atoms with Crippen LogP contribution in [0.5, 0.6) is 0 Å². The SMILES string of the molecule is CCc1nn(C)cc1C(=O)NC(C)C1CCCCN1. The Bertz CT molecular complexity index is 435. The molecule has 0 aliphatic carbocycles. The fourth-order valence-corrected chi connectivity index (χ4v) is 2.68. The Morgan fingerprint density at radius 3 is 3.05 bits per heavy atom. The summed E-state index contributed by atoms with van der Waals surface area (Å²) in [5, 5.41) is 10.9. The van der Waals surface area contributed by atoms with Crippen LogP contribution in [-0.2, 0) is 13.5 Å². The standard InChI is InChI=1S/C14H24N4O/c1-4-12-11(9-18(3)17-12)14(19)16-10(2)13-7-5-6-8-15-13/h9-10,13,15H,4-8H2,1-3H3,(H,16,19). The summed E-state index contributed by atoms with van der Waals surface area (Å²) in [6, 6.07) is 0.539. The van der Waals surface area contributed by atoms with Crippen LogP contribution in [0, 0.1) is 0 Å². The quantitative estimate of drug-likeness (QED) is 0.860. The third kappa shape index (κ3) is 3.35. The molecule has 0 bridgehead atoms. The van der Waals surface area contributed by atoms with Crippen molar-refractivity contribution in [3.05, 3.63) is 17.5 Å². The molecule has 2 unspecified atom stereocenters. The van der Waals surface area contributed by atoms with Crippen molar-refractivity contribution in [3.8, 4) is 0 Å². The van der Waals surface area contributed by atoms with E-state index < -0.39 is 0 Å². The lowest BCUT2D eigenvalue weighted by molar-refractivity contribution is 0.0927. The summed E-state index contributed by atoms with van der Waals surface area (Å²) in [5.41, 5.74) is 1.57. The first-order valence-electron chi connectivity index (χ1n) is 7.18. The molecule has 5 nitrogen and oxygen atoms in total. The monoisotopic (exact) mass is 264 g/mol. The highest BCUT2D eigenvalue weighted by molar-refractivity contribution is 5.95. The van der Waals surface area contributed by atoms with E-state index in [-0.39, 0.29) is 11.9 Å². The smallest absolute Gasteiger partial charge is 0.255 e. The van der Waals surface area contributed by atoms with Gasteiger partial charge in [-0.2, -0.15) is 5.10 Å². The summed E-state index contributed by atoms with van der Waals surface area (Å²) in [4.78, 5) is 12.3. The van der Waals surface area contributed by atoms with Crippen LogP contribution in [0.2, 0.25) is 0 Å². The zero-order valence-corrected chi connectivity index (χ0v) is 12.1. The zero-order valence-electron chi connectivity index (χ0n) is 12.1. The van der Waals surface area contributed by atoms with Crippen molar-refractivity contribution in [2.24, 2.45) is 7.05 Å². The van der Waals surface area contributed by atoms with Gasteiger partial charge in [0.05, 0.1) is 11.3 Å². The van der Waals surface area contributed by atoms with Gasteiger partial charge in [0.2, 0.25) is 0 Å². The minimum absolute atomic E-state index is 0.00942. The lowest BCUT2D eigenvalue weighted by atomic mass is 9.99. The fourth-order valence-electron chi connectivity index (χ4n) is 2.68. The lowest BCUT2D eigenvalue weighted by Crippen LogP contribution is -2.50. The molecule has 1 aliphatic heterocycles. The Morgan fingerprint density at radius 2 is 2.42 bits per heavy atom. The van der Waals surface area contributed by atoms with Crippen molar-refractivity contribution in [1.82, 2.24) is 20.4 Å². The van der Waals surface area contributed by atoms with Crippen molar-refractivity contribution in [1.29, 1.82) is 0 Å². The molecule has 1 aromatic rings. The zero-order chi connectivity index (χ0) is 13.8. The predicted octanol–water partition coefficient (Wildman–Crippen LogP) is 1.24. The molecule has 106 valence electrons. The Morgan fingerprint density at radius 1 is 1.63 bits per heavy atom. The highest BCUT2D eigenvalue weighted by Crippen LogP contribution is 2.12. The van der Waals surface area contributed by atoms with Crippen LogP contribution in [0.3, 0.4) is 0 Å². The van der Waals surface area contributed by atoms with Gasteiger partial charge in [0.1, 0.15) is 0 Å². The first-order valence-corrected chi connectivity index (χ1v) is 7.18. The van der Waals surface area contributed by atoms with Gasteiger partial charge in [-0.05, 0) is 32.7 Å². The van der Waals surface area contributed by atoms with Crippen LogP contribution in [0.4, 0.5) is 0 Å². The number of amides is 1. The van der Waals surface area contributed by atoms with E-state index in [0.29, 0.717) is 11.6 Å². The van der Waals surface area contributed by atoms with Crippen LogP contribution >= 0.6 is 0 Å². The summed E-state index contributed by atoms with van der Waals surface area (Å²) in [5.74, 6) is -0.00942.